The third-order valence-corrected chi connectivity index (χ3v) is 3.67. The molecule has 0 aliphatic rings. The summed E-state index contributed by atoms with van der Waals surface area (Å²) in [6.07, 6.45) is 0. The number of benzene rings is 1. The van der Waals surface area contributed by atoms with Gasteiger partial charge in [-0.05, 0) is 51.4 Å². The van der Waals surface area contributed by atoms with Gasteiger partial charge in [-0.15, -0.1) is 0 Å². The number of alkyl halides is 1. The summed E-state index contributed by atoms with van der Waals surface area (Å²) in [5.74, 6) is 0. The summed E-state index contributed by atoms with van der Waals surface area (Å²) in [6, 6.07) is 6.99. The van der Waals surface area contributed by atoms with E-state index in [1.54, 1.807) is 24.3 Å². The van der Waals surface area contributed by atoms with Gasteiger partial charge < -0.3 is 4.55 Å². The van der Waals surface area contributed by atoms with Crippen LogP contribution in [0.5, 0.6) is 0 Å². The predicted molar refractivity (Wildman–Crippen MR) is 51.7 cm³/mol. The van der Waals surface area contributed by atoms with Crippen molar-refractivity contribution in [3.05, 3.63) is 29.3 Å². The molecule has 1 unspecified atom stereocenters. The third kappa shape index (κ3) is 2.67. The topological polar surface area (TPSA) is 23.1 Å². The molecule has 0 N–H and O–H groups in total. The molecular weight excluding hydrogens is 247 g/mol. The van der Waals surface area contributed by atoms with E-state index < -0.39 is 11.2 Å². The highest BCUT2D eigenvalue weighted by Crippen LogP contribution is 2.16. The molecule has 0 radical (unpaired) electrons. The van der Waals surface area contributed by atoms with Crippen LogP contribution in [0.3, 0.4) is 0 Å². The van der Waals surface area contributed by atoms with Gasteiger partial charge in [0.2, 0.25) is 0 Å². The second kappa shape index (κ2) is 4.36. The summed E-state index contributed by atoms with van der Waals surface area (Å²) in [7, 11) is 0. The number of hydrogen-bond donors (Lipinski definition) is 0. The van der Waals surface area contributed by atoms with Crippen molar-refractivity contribution < 1.29 is 4.55 Å². The van der Waals surface area contributed by atoms with E-state index in [2.05, 4.69) is 15.9 Å². The summed E-state index contributed by atoms with van der Waals surface area (Å²) in [6.45, 7) is 0. The Hall–Kier alpha value is 0.300. The monoisotopic (exact) mass is 252 g/mol. The Kier molecular flexibility index (Phi) is 3.72. The van der Waals surface area contributed by atoms with Crippen LogP contribution >= 0.6 is 27.5 Å². The summed E-state index contributed by atoms with van der Waals surface area (Å²) in [4.78, 5) is 0.797. The first-order valence-corrected chi connectivity index (χ1v) is 5.76. The summed E-state index contributed by atoms with van der Waals surface area (Å²) in [5.41, 5.74) is 0. The van der Waals surface area contributed by atoms with Gasteiger partial charge in [-0.2, -0.15) is 0 Å². The van der Waals surface area contributed by atoms with Crippen molar-refractivity contribution in [1.29, 1.82) is 0 Å². The molecule has 0 aromatic heterocycles. The molecule has 1 atom stereocenters. The van der Waals surface area contributed by atoms with E-state index in [0.29, 0.717) is 9.68 Å². The largest absolute Gasteiger partial charge is 0.611 e. The molecule has 4 heteroatoms. The molecule has 0 aliphatic heterocycles. The molecule has 0 aliphatic carbocycles. The third-order valence-electron chi connectivity index (χ3n) is 1.18. The van der Waals surface area contributed by atoms with E-state index in [1.165, 1.54) is 0 Å². The second-order valence-corrected chi connectivity index (χ2v) is 5.10. The fourth-order valence-corrected chi connectivity index (χ4v) is 2.13. The first-order chi connectivity index (χ1) is 5.24. The Bertz CT molecular complexity index is 226. The van der Waals surface area contributed by atoms with Gasteiger partial charge in [0.1, 0.15) is 0 Å². The van der Waals surface area contributed by atoms with Crippen LogP contribution in [0, 0.1) is 0 Å². The molecule has 0 heterocycles. The van der Waals surface area contributed by atoms with Crippen LogP contribution in [0.2, 0.25) is 5.02 Å². The van der Waals surface area contributed by atoms with Crippen molar-refractivity contribution in [3.63, 3.8) is 0 Å². The van der Waals surface area contributed by atoms with Gasteiger partial charge in [0.05, 0.1) is 0 Å². The maximum atomic E-state index is 11.1. The van der Waals surface area contributed by atoms with Gasteiger partial charge >= 0.3 is 0 Å². The Morgan fingerprint density at radius 2 is 1.91 bits per heavy atom. The van der Waals surface area contributed by atoms with Crippen molar-refractivity contribution >= 4 is 38.7 Å². The Morgan fingerprint density at radius 1 is 1.36 bits per heavy atom. The van der Waals surface area contributed by atoms with E-state index in [1.807, 2.05) is 0 Å². The second-order valence-electron chi connectivity index (χ2n) is 1.91. The highest BCUT2D eigenvalue weighted by atomic mass is 79.9. The van der Waals surface area contributed by atoms with Gasteiger partial charge in [0.15, 0.2) is 9.56 Å². The van der Waals surface area contributed by atoms with E-state index >= 15 is 0 Å². The van der Waals surface area contributed by atoms with Crippen LogP contribution in [0.1, 0.15) is 0 Å². The molecule has 1 nitrogen and oxygen atoms in total. The molecular formula is C7H6BrClOS. The zero-order valence-corrected chi connectivity index (χ0v) is 8.75. The van der Waals surface area contributed by atoms with Gasteiger partial charge in [0, 0.05) is 5.02 Å². The highest BCUT2D eigenvalue weighted by molar-refractivity contribution is 9.10. The van der Waals surface area contributed by atoms with Crippen LogP contribution < -0.4 is 0 Å². The van der Waals surface area contributed by atoms with Crippen LogP contribution in [0.15, 0.2) is 29.2 Å². The van der Waals surface area contributed by atoms with E-state index in [0.717, 1.165) is 4.90 Å². The van der Waals surface area contributed by atoms with Crippen LogP contribution in [-0.4, -0.2) is 9.21 Å². The minimum absolute atomic E-state index is 0.467. The zero-order chi connectivity index (χ0) is 8.27. The lowest BCUT2D eigenvalue weighted by Gasteiger charge is -2.05. The van der Waals surface area contributed by atoms with Gasteiger partial charge in [-0.25, -0.2) is 0 Å². The molecule has 1 rings (SSSR count). The predicted octanol–water partition coefficient (Wildman–Crippen LogP) is 2.80. The average Bonchev–Trinajstić information content (AvgIpc) is 2.05. The fourth-order valence-electron chi connectivity index (χ4n) is 0.649. The Labute approximate surface area is 82.1 Å². The minimum atomic E-state index is -0.941. The first-order valence-electron chi connectivity index (χ1n) is 2.94. The quantitative estimate of drug-likeness (QED) is 0.587. The van der Waals surface area contributed by atoms with E-state index in [4.69, 9.17) is 11.6 Å². The fraction of sp³-hybridized carbons (Fsp3) is 0.143. The van der Waals surface area contributed by atoms with Crippen molar-refractivity contribution in [2.75, 3.05) is 4.66 Å². The molecule has 1 aromatic rings. The molecule has 60 valence electrons. The van der Waals surface area contributed by atoms with Gasteiger partial charge in [-0.1, -0.05) is 11.6 Å². The maximum absolute atomic E-state index is 11.1. The van der Waals surface area contributed by atoms with Crippen molar-refractivity contribution in [3.8, 4) is 0 Å². The lowest BCUT2D eigenvalue weighted by molar-refractivity contribution is 0.600. The standard InChI is InChI=1S/C7H6BrClOS/c8-5-11(10)7-3-1-6(9)2-4-7/h1-4H,5H2. The summed E-state index contributed by atoms with van der Waals surface area (Å²) in [5, 5.41) is 0.667. The van der Waals surface area contributed by atoms with Crippen molar-refractivity contribution in [2.45, 2.75) is 4.90 Å². The minimum Gasteiger partial charge on any atom is -0.611 e. The molecule has 0 saturated carbocycles. The lowest BCUT2D eigenvalue weighted by Crippen LogP contribution is -2.00. The maximum Gasteiger partial charge on any atom is 0.165 e. The smallest absolute Gasteiger partial charge is 0.165 e. The van der Waals surface area contributed by atoms with Crippen LogP contribution in [0.25, 0.3) is 0 Å². The summed E-state index contributed by atoms with van der Waals surface area (Å²) >= 11 is 7.85. The highest BCUT2D eigenvalue weighted by Gasteiger charge is 2.06. The Morgan fingerprint density at radius 3 is 2.36 bits per heavy atom. The Balaban J connectivity index is 2.81. The lowest BCUT2D eigenvalue weighted by atomic mass is 10.4. The first kappa shape index (κ1) is 9.39. The molecule has 0 saturated heterocycles. The molecule has 0 amide bonds. The van der Waals surface area contributed by atoms with Gasteiger partial charge in [-0.3, -0.25) is 0 Å². The number of rotatable bonds is 2. The van der Waals surface area contributed by atoms with Gasteiger partial charge in [0.25, 0.3) is 0 Å². The molecule has 0 bridgehead atoms. The van der Waals surface area contributed by atoms with E-state index in [-0.39, 0.29) is 0 Å². The van der Waals surface area contributed by atoms with Crippen molar-refractivity contribution in [2.24, 2.45) is 0 Å². The van der Waals surface area contributed by atoms with Crippen molar-refractivity contribution in [1.82, 2.24) is 0 Å². The molecule has 11 heavy (non-hydrogen) atoms. The van der Waals surface area contributed by atoms with Crippen LogP contribution in [-0.2, 0) is 11.2 Å². The molecule has 1 aromatic carbocycles. The van der Waals surface area contributed by atoms with Crippen LogP contribution in [0.4, 0.5) is 0 Å². The average molecular weight is 254 g/mol. The summed E-state index contributed by atoms with van der Waals surface area (Å²) < 4.78 is 11.6. The zero-order valence-electron chi connectivity index (χ0n) is 5.59. The number of hydrogen-bond acceptors (Lipinski definition) is 1. The normalized spacial score (nSPS) is 13.0. The molecule has 0 fully saturated rings. The van der Waals surface area contributed by atoms with E-state index in [9.17, 15) is 4.55 Å². The SMILES string of the molecule is [O-][S+](CBr)c1ccc(Cl)cc1. The number of halogens is 2. The molecule has 0 spiro atoms.